The number of hydrogen-bond acceptors (Lipinski definition) is 6. The molecule has 0 radical (unpaired) electrons. The van der Waals surface area contributed by atoms with E-state index in [1.54, 1.807) is 7.11 Å². The number of anilines is 1. The fourth-order valence-electron chi connectivity index (χ4n) is 2.20. The second kappa shape index (κ2) is 6.80. The van der Waals surface area contributed by atoms with E-state index < -0.39 is 0 Å². The van der Waals surface area contributed by atoms with E-state index in [2.05, 4.69) is 44.6 Å². The Kier molecular flexibility index (Phi) is 5.31. The Balaban J connectivity index is 2.23. The van der Waals surface area contributed by atoms with E-state index in [9.17, 15) is 0 Å². The van der Waals surface area contributed by atoms with Gasteiger partial charge in [-0.1, -0.05) is 0 Å². The highest BCUT2D eigenvalue weighted by Gasteiger charge is 2.26. The van der Waals surface area contributed by atoms with Crippen molar-refractivity contribution >= 4 is 21.7 Å². The fraction of sp³-hybridized carbons (Fsp3) is 0.692. The Morgan fingerprint density at radius 2 is 2.25 bits per heavy atom. The maximum Gasteiger partial charge on any atom is 0.161 e. The molecule has 1 saturated heterocycles. The average molecular weight is 345 g/mol. The summed E-state index contributed by atoms with van der Waals surface area (Å²) in [4.78, 5) is 11.2. The number of nitrogens with zero attached hydrogens (tertiary/aromatic N) is 3. The molecule has 7 heteroatoms. The standard InChI is InChI=1S/C13H21BrN4O2/c1-8(2)18-4-5-20-10(6-18)13-16-9(7-19-3)11(14)12(15)17-13/h8,10H,4-7H2,1-3H3,(H2,15,16,17). The maximum atomic E-state index is 5.93. The molecule has 1 aliphatic rings. The van der Waals surface area contributed by atoms with E-state index in [1.807, 2.05) is 0 Å². The Morgan fingerprint density at radius 3 is 2.90 bits per heavy atom. The van der Waals surface area contributed by atoms with Gasteiger partial charge in [0.05, 0.1) is 23.4 Å². The zero-order valence-corrected chi connectivity index (χ0v) is 13.7. The summed E-state index contributed by atoms with van der Waals surface area (Å²) < 4.78 is 11.6. The molecule has 2 rings (SSSR count). The number of methoxy groups -OCH3 is 1. The van der Waals surface area contributed by atoms with Crippen LogP contribution in [0.4, 0.5) is 5.82 Å². The molecule has 2 heterocycles. The lowest BCUT2D eigenvalue weighted by molar-refractivity contribution is -0.0444. The quantitative estimate of drug-likeness (QED) is 0.896. The molecule has 1 aliphatic heterocycles. The SMILES string of the molecule is COCc1nc(C2CN(C(C)C)CCO2)nc(N)c1Br. The summed E-state index contributed by atoms with van der Waals surface area (Å²) in [5.41, 5.74) is 6.68. The van der Waals surface area contributed by atoms with Crippen molar-refractivity contribution in [3.63, 3.8) is 0 Å². The van der Waals surface area contributed by atoms with E-state index in [4.69, 9.17) is 15.2 Å². The lowest BCUT2D eigenvalue weighted by Gasteiger charge is -2.34. The second-order valence-corrected chi connectivity index (χ2v) is 5.90. The van der Waals surface area contributed by atoms with Gasteiger partial charge in [0.1, 0.15) is 11.9 Å². The van der Waals surface area contributed by atoms with Crippen LogP contribution in [0.1, 0.15) is 31.5 Å². The van der Waals surface area contributed by atoms with Crippen LogP contribution in [0.3, 0.4) is 0 Å². The molecule has 6 nitrogen and oxygen atoms in total. The molecule has 1 aromatic rings. The van der Waals surface area contributed by atoms with Gasteiger partial charge < -0.3 is 15.2 Å². The zero-order chi connectivity index (χ0) is 14.7. The third-order valence-corrected chi connectivity index (χ3v) is 4.22. The largest absolute Gasteiger partial charge is 0.383 e. The van der Waals surface area contributed by atoms with Crippen LogP contribution in [-0.2, 0) is 16.1 Å². The highest BCUT2D eigenvalue weighted by atomic mass is 79.9. The minimum Gasteiger partial charge on any atom is -0.383 e. The highest BCUT2D eigenvalue weighted by molar-refractivity contribution is 9.10. The van der Waals surface area contributed by atoms with Crippen molar-refractivity contribution in [1.29, 1.82) is 0 Å². The van der Waals surface area contributed by atoms with Gasteiger partial charge in [0, 0.05) is 26.2 Å². The van der Waals surface area contributed by atoms with Crippen LogP contribution in [0.25, 0.3) is 0 Å². The van der Waals surface area contributed by atoms with Gasteiger partial charge in [-0.25, -0.2) is 9.97 Å². The van der Waals surface area contributed by atoms with Crippen molar-refractivity contribution in [3.05, 3.63) is 16.0 Å². The minimum atomic E-state index is -0.142. The smallest absolute Gasteiger partial charge is 0.161 e. The van der Waals surface area contributed by atoms with Crippen LogP contribution in [0.5, 0.6) is 0 Å². The third kappa shape index (κ3) is 3.46. The van der Waals surface area contributed by atoms with Gasteiger partial charge in [-0.2, -0.15) is 0 Å². The molecule has 1 unspecified atom stereocenters. The van der Waals surface area contributed by atoms with Crippen molar-refractivity contribution in [1.82, 2.24) is 14.9 Å². The van der Waals surface area contributed by atoms with Gasteiger partial charge in [0.15, 0.2) is 5.82 Å². The Morgan fingerprint density at radius 1 is 1.50 bits per heavy atom. The molecule has 20 heavy (non-hydrogen) atoms. The van der Waals surface area contributed by atoms with Crippen molar-refractivity contribution in [3.8, 4) is 0 Å². The van der Waals surface area contributed by atoms with Crippen LogP contribution in [0, 0.1) is 0 Å². The fourth-order valence-corrected chi connectivity index (χ4v) is 2.50. The Labute approximate surface area is 127 Å². The van der Waals surface area contributed by atoms with Crippen molar-refractivity contribution in [2.24, 2.45) is 0 Å². The summed E-state index contributed by atoms with van der Waals surface area (Å²) in [6.07, 6.45) is -0.142. The molecule has 1 atom stereocenters. The van der Waals surface area contributed by atoms with Gasteiger partial charge >= 0.3 is 0 Å². The van der Waals surface area contributed by atoms with Gasteiger partial charge in [-0.3, -0.25) is 4.90 Å². The van der Waals surface area contributed by atoms with Crippen LogP contribution in [0.2, 0.25) is 0 Å². The molecule has 2 N–H and O–H groups in total. The summed E-state index contributed by atoms with van der Waals surface area (Å²) in [5.74, 6) is 1.05. The van der Waals surface area contributed by atoms with E-state index in [0.717, 1.165) is 18.8 Å². The monoisotopic (exact) mass is 344 g/mol. The molecule has 1 fully saturated rings. The molecule has 0 aromatic carbocycles. The molecule has 0 bridgehead atoms. The summed E-state index contributed by atoms with van der Waals surface area (Å²) in [6, 6.07) is 0.479. The lowest BCUT2D eigenvalue weighted by atomic mass is 10.2. The van der Waals surface area contributed by atoms with Gasteiger partial charge in [0.2, 0.25) is 0 Å². The minimum absolute atomic E-state index is 0.142. The lowest BCUT2D eigenvalue weighted by Crippen LogP contribution is -2.42. The normalized spacial score (nSPS) is 20.6. The molecule has 112 valence electrons. The first-order valence-corrected chi connectivity index (χ1v) is 7.48. The number of nitrogen functional groups attached to an aromatic ring is 1. The van der Waals surface area contributed by atoms with E-state index in [1.165, 1.54) is 0 Å². The summed E-state index contributed by atoms with van der Waals surface area (Å²) >= 11 is 3.39. The summed E-state index contributed by atoms with van der Waals surface area (Å²) in [5, 5.41) is 0. The second-order valence-electron chi connectivity index (χ2n) is 5.11. The molecular formula is C13H21BrN4O2. The first-order valence-electron chi connectivity index (χ1n) is 6.69. The van der Waals surface area contributed by atoms with Gasteiger partial charge in [0.25, 0.3) is 0 Å². The van der Waals surface area contributed by atoms with Gasteiger partial charge in [-0.15, -0.1) is 0 Å². The highest BCUT2D eigenvalue weighted by Crippen LogP contribution is 2.26. The maximum absolute atomic E-state index is 5.93. The van der Waals surface area contributed by atoms with Crippen molar-refractivity contribution in [2.75, 3.05) is 32.5 Å². The van der Waals surface area contributed by atoms with Crippen LogP contribution in [0.15, 0.2) is 4.47 Å². The first kappa shape index (κ1) is 15.6. The Bertz CT molecular complexity index is 470. The Hall–Kier alpha value is -0.760. The molecule has 0 amide bonds. The van der Waals surface area contributed by atoms with E-state index in [-0.39, 0.29) is 6.10 Å². The number of morpholine rings is 1. The average Bonchev–Trinajstić information content (AvgIpc) is 2.44. The predicted molar refractivity (Wildman–Crippen MR) is 80.3 cm³/mol. The van der Waals surface area contributed by atoms with E-state index >= 15 is 0 Å². The van der Waals surface area contributed by atoms with Crippen LogP contribution in [-0.4, -0.2) is 47.7 Å². The van der Waals surface area contributed by atoms with Gasteiger partial charge in [-0.05, 0) is 29.8 Å². The molecular weight excluding hydrogens is 324 g/mol. The molecule has 0 spiro atoms. The number of ether oxygens (including phenoxy) is 2. The zero-order valence-electron chi connectivity index (χ0n) is 12.1. The van der Waals surface area contributed by atoms with E-state index in [0.29, 0.717) is 35.4 Å². The number of rotatable bonds is 4. The van der Waals surface area contributed by atoms with Crippen LogP contribution >= 0.6 is 15.9 Å². The predicted octanol–water partition coefficient (Wildman–Crippen LogP) is 1.75. The number of hydrogen-bond donors (Lipinski definition) is 1. The first-order chi connectivity index (χ1) is 9.52. The van der Waals surface area contributed by atoms with Crippen molar-refractivity contribution in [2.45, 2.75) is 32.6 Å². The number of aromatic nitrogens is 2. The number of halogens is 1. The molecule has 0 aliphatic carbocycles. The topological polar surface area (TPSA) is 73.5 Å². The third-order valence-electron chi connectivity index (χ3n) is 3.36. The summed E-state index contributed by atoms with van der Waals surface area (Å²) in [7, 11) is 1.63. The van der Waals surface area contributed by atoms with Crippen LogP contribution < -0.4 is 5.73 Å². The van der Waals surface area contributed by atoms with Crippen molar-refractivity contribution < 1.29 is 9.47 Å². The molecule has 1 aromatic heterocycles. The molecule has 0 saturated carbocycles. The summed E-state index contributed by atoms with van der Waals surface area (Å²) in [6.45, 7) is 7.14. The number of nitrogens with two attached hydrogens (primary N) is 1.